The fraction of sp³-hybridized carbons (Fsp3) is 0.238. The molecule has 2 aromatic carbocycles. The van der Waals surface area contributed by atoms with E-state index in [9.17, 15) is 9.59 Å². The van der Waals surface area contributed by atoms with E-state index in [1.807, 2.05) is 36.4 Å². The third-order valence-electron chi connectivity index (χ3n) is 5.00. The van der Waals surface area contributed by atoms with Crippen LogP contribution in [-0.4, -0.2) is 46.7 Å². The van der Waals surface area contributed by atoms with Gasteiger partial charge in [-0.1, -0.05) is 23.5 Å². The first-order valence-electron chi connectivity index (χ1n) is 9.65. The van der Waals surface area contributed by atoms with E-state index in [0.29, 0.717) is 29.9 Å². The highest BCUT2D eigenvalue weighted by atomic mass is 32.1. The van der Waals surface area contributed by atoms with Gasteiger partial charge in [0.25, 0.3) is 5.56 Å². The van der Waals surface area contributed by atoms with Gasteiger partial charge in [0.1, 0.15) is 6.54 Å². The Kier molecular flexibility index (Phi) is 4.89. The molecule has 1 saturated heterocycles. The molecule has 8 nitrogen and oxygen atoms in total. The van der Waals surface area contributed by atoms with Gasteiger partial charge in [-0.3, -0.25) is 14.2 Å². The maximum atomic E-state index is 12.6. The lowest BCUT2D eigenvalue weighted by Gasteiger charge is -2.25. The number of amides is 1. The fourth-order valence-corrected chi connectivity index (χ4v) is 4.56. The first kappa shape index (κ1) is 18.7. The Hall–Kier alpha value is -3.30. The lowest BCUT2D eigenvalue weighted by atomic mass is 10.3. The molecule has 1 aliphatic rings. The van der Waals surface area contributed by atoms with E-state index < -0.39 is 0 Å². The molecule has 4 aromatic rings. The molecule has 0 spiro atoms. The van der Waals surface area contributed by atoms with Crippen LogP contribution >= 0.6 is 11.3 Å². The number of rotatable bonds is 4. The molecular formula is C21H19N5O3S. The summed E-state index contributed by atoms with van der Waals surface area (Å²) in [5, 5.41) is 3.85. The average Bonchev–Trinajstić information content (AvgIpc) is 3.20. The Morgan fingerprint density at radius 3 is 2.83 bits per heavy atom. The topological polar surface area (TPSA) is 89.3 Å². The summed E-state index contributed by atoms with van der Waals surface area (Å²) in [5.41, 5.74) is 2.57. The number of nitrogens with zero attached hydrogens (tertiary/aromatic N) is 4. The lowest BCUT2D eigenvalue weighted by Crippen LogP contribution is -2.36. The number of ether oxygens (including phenoxy) is 1. The highest BCUT2D eigenvalue weighted by Crippen LogP contribution is 2.31. The zero-order valence-electron chi connectivity index (χ0n) is 16.1. The van der Waals surface area contributed by atoms with Crippen LogP contribution in [0.25, 0.3) is 21.3 Å². The van der Waals surface area contributed by atoms with Crippen LogP contribution in [-0.2, 0) is 16.1 Å². The van der Waals surface area contributed by atoms with Crippen molar-refractivity contribution in [3.05, 3.63) is 59.0 Å². The molecule has 0 aliphatic carbocycles. The molecule has 1 aliphatic heterocycles. The van der Waals surface area contributed by atoms with Crippen LogP contribution in [0.5, 0.6) is 0 Å². The zero-order valence-corrected chi connectivity index (χ0v) is 16.9. The monoisotopic (exact) mass is 421 g/mol. The minimum atomic E-state index is -0.308. The molecule has 30 heavy (non-hydrogen) atoms. The van der Waals surface area contributed by atoms with Gasteiger partial charge >= 0.3 is 0 Å². The van der Waals surface area contributed by atoms with Crippen molar-refractivity contribution in [1.82, 2.24) is 14.5 Å². The Labute approximate surface area is 175 Å². The summed E-state index contributed by atoms with van der Waals surface area (Å²) in [7, 11) is 0. The van der Waals surface area contributed by atoms with E-state index in [0.717, 1.165) is 28.4 Å². The summed E-state index contributed by atoms with van der Waals surface area (Å²) in [5.74, 6) is -0.272. The Morgan fingerprint density at radius 2 is 1.97 bits per heavy atom. The molecule has 0 bridgehead atoms. The van der Waals surface area contributed by atoms with E-state index in [1.54, 1.807) is 17.4 Å². The number of carbonyl (C=O) groups excluding carboxylic acids is 1. The Bertz CT molecular complexity index is 1290. The van der Waals surface area contributed by atoms with Gasteiger partial charge in [0.15, 0.2) is 5.13 Å². The summed E-state index contributed by atoms with van der Waals surface area (Å²) in [6.45, 7) is 3.00. The second kappa shape index (κ2) is 7.85. The number of hydrogen-bond acceptors (Lipinski definition) is 7. The quantitative estimate of drug-likeness (QED) is 0.545. The van der Waals surface area contributed by atoms with Gasteiger partial charge in [-0.25, -0.2) is 9.97 Å². The fourth-order valence-electron chi connectivity index (χ4n) is 3.50. The Morgan fingerprint density at radius 1 is 1.13 bits per heavy atom. The van der Waals surface area contributed by atoms with Crippen LogP contribution in [0.15, 0.2) is 53.5 Å². The van der Waals surface area contributed by atoms with Crippen LogP contribution in [0.4, 0.5) is 10.8 Å². The van der Waals surface area contributed by atoms with Gasteiger partial charge in [0.05, 0.1) is 40.7 Å². The number of aromatic nitrogens is 3. The minimum Gasteiger partial charge on any atom is -0.378 e. The second-order valence-corrected chi connectivity index (χ2v) is 8.01. The van der Waals surface area contributed by atoms with E-state index in [4.69, 9.17) is 9.72 Å². The molecule has 1 amide bonds. The molecule has 5 rings (SSSR count). The zero-order chi connectivity index (χ0) is 20.5. The molecule has 0 unspecified atom stereocenters. The average molecular weight is 421 g/mol. The summed E-state index contributed by atoms with van der Waals surface area (Å²) >= 11 is 1.60. The summed E-state index contributed by atoms with van der Waals surface area (Å²) in [6, 6.07) is 12.9. The maximum absolute atomic E-state index is 12.6. The predicted octanol–water partition coefficient (Wildman–Crippen LogP) is 2.48. The number of para-hydroxylation sites is 2. The molecule has 1 fully saturated rings. The van der Waals surface area contributed by atoms with Crippen molar-refractivity contribution >= 4 is 49.3 Å². The molecule has 9 heteroatoms. The molecular weight excluding hydrogens is 402 g/mol. The van der Waals surface area contributed by atoms with Crippen molar-refractivity contribution in [2.24, 2.45) is 0 Å². The Balaban J connectivity index is 1.36. The third-order valence-corrected chi connectivity index (χ3v) is 6.08. The summed E-state index contributed by atoms with van der Waals surface area (Å²) < 4.78 is 7.83. The highest BCUT2D eigenvalue weighted by molar-refractivity contribution is 7.22. The van der Waals surface area contributed by atoms with Crippen LogP contribution in [0, 0.1) is 0 Å². The number of carbonyl (C=O) groups is 1. The lowest BCUT2D eigenvalue weighted by molar-refractivity contribution is -0.116. The molecule has 1 N–H and O–H groups in total. The standard InChI is InChI=1S/C21H19N5O3S/c27-19(13-26-17-4-2-1-3-15(17)22-12-20(26)28)23-14-5-6-16-18(11-14)30-21(24-16)25-7-9-29-10-8-25/h1-6,11-12H,7-10,13H2,(H,23,27). The van der Waals surface area contributed by atoms with Crippen LogP contribution in [0.1, 0.15) is 0 Å². The van der Waals surface area contributed by atoms with Gasteiger partial charge in [-0.05, 0) is 30.3 Å². The number of nitrogens with one attached hydrogen (secondary N) is 1. The normalized spacial score (nSPS) is 14.3. The van der Waals surface area contributed by atoms with Crippen LogP contribution < -0.4 is 15.8 Å². The number of benzene rings is 2. The molecule has 0 saturated carbocycles. The van der Waals surface area contributed by atoms with Crippen molar-refractivity contribution in [3.8, 4) is 0 Å². The first-order chi connectivity index (χ1) is 14.7. The predicted molar refractivity (Wildman–Crippen MR) is 117 cm³/mol. The minimum absolute atomic E-state index is 0.0817. The number of hydrogen-bond donors (Lipinski definition) is 1. The van der Waals surface area contributed by atoms with Gasteiger partial charge in [0, 0.05) is 18.8 Å². The SMILES string of the molecule is O=C(Cn1c(=O)cnc2ccccc21)Nc1ccc2nc(N3CCOCC3)sc2c1. The molecule has 2 aromatic heterocycles. The summed E-state index contributed by atoms with van der Waals surface area (Å²) in [6.07, 6.45) is 1.24. The number of morpholine rings is 1. The van der Waals surface area contributed by atoms with Gasteiger partial charge < -0.3 is 15.0 Å². The number of anilines is 2. The van der Waals surface area contributed by atoms with Crippen molar-refractivity contribution < 1.29 is 9.53 Å². The van der Waals surface area contributed by atoms with E-state index in [1.165, 1.54) is 10.8 Å². The first-order valence-corrected chi connectivity index (χ1v) is 10.5. The van der Waals surface area contributed by atoms with E-state index in [2.05, 4.69) is 15.2 Å². The van der Waals surface area contributed by atoms with Crippen molar-refractivity contribution in [2.45, 2.75) is 6.54 Å². The van der Waals surface area contributed by atoms with Crippen molar-refractivity contribution in [3.63, 3.8) is 0 Å². The second-order valence-electron chi connectivity index (χ2n) is 7.00. The summed E-state index contributed by atoms with van der Waals surface area (Å²) in [4.78, 5) is 35.9. The van der Waals surface area contributed by atoms with Gasteiger partial charge in [0.2, 0.25) is 5.91 Å². The van der Waals surface area contributed by atoms with Crippen molar-refractivity contribution in [2.75, 3.05) is 36.5 Å². The molecule has 3 heterocycles. The van der Waals surface area contributed by atoms with Crippen molar-refractivity contribution in [1.29, 1.82) is 0 Å². The third kappa shape index (κ3) is 3.64. The molecule has 152 valence electrons. The van der Waals surface area contributed by atoms with Crippen LogP contribution in [0.3, 0.4) is 0 Å². The van der Waals surface area contributed by atoms with Gasteiger partial charge in [-0.2, -0.15) is 0 Å². The van der Waals surface area contributed by atoms with E-state index >= 15 is 0 Å². The van der Waals surface area contributed by atoms with E-state index in [-0.39, 0.29) is 18.0 Å². The number of fused-ring (bicyclic) bond motifs is 2. The smallest absolute Gasteiger partial charge is 0.269 e. The largest absolute Gasteiger partial charge is 0.378 e. The van der Waals surface area contributed by atoms with Crippen LogP contribution in [0.2, 0.25) is 0 Å². The maximum Gasteiger partial charge on any atom is 0.269 e. The molecule has 0 radical (unpaired) electrons. The molecule has 0 atom stereocenters. The van der Waals surface area contributed by atoms with Gasteiger partial charge in [-0.15, -0.1) is 0 Å². The highest BCUT2D eigenvalue weighted by Gasteiger charge is 2.16. The number of thiazole rings is 1.